The SMILES string of the molecule is Cc1nccc(Sc2ccc3nc(N4[C@H]5CC[C@H]4CC(N)C5)cnc3n2)c1Cl. The van der Waals surface area contributed by atoms with Crippen molar-refractivity contribution in [2.24, 2.45) is 5.73 Å². The van der Waals surface area contributed by atoms with Crippen LogP contribution in [0.15, 0.2) is 40.5 Å². The van der Waals surface area contributed by atoms with Crippen LogP contribution in [-0.4, -0.2) is 38.1 Å². The molecule has 0 amide bonds. The summed E-state index contributed by atoms with van der Waals surface area (Å²) in [6, 6.07) is 7.14. The number of hydrogen-bond acceptors (Lipinski definition) is 7. The van der Waals surface area contributed by atoms with Gasteiger partial charge in [0.05, 0.1) is 16.9 Å². The highest BCUT2D eigenvalue weighted by Gasteiger charge is 2.40. The first-order chi connectivity index (χ1) is 13.6. The van der Waals surface area contributed by atoms with Crippen molar-refractivity contribution in [1.29, 1.82) is 0 Å². The van der Waals surface area contributed by atoms with Gasteiger partial charge in [0, 0.05) is 29.2 Å². The van der Waals surface area contributed by atoms with Gasteiger partial charge in [-0.25, -0.2) is 15.0 Å². The van der Waals surface area contributed by atoms with Crippen molar-refractivity contribution in [3.8, 4) is 0 Å². The lowest BCUT2D eigenvalue weighted by atomic mass is 9.98. The van der Waals surface area contributed by atoms with Crippen LogP contribution in [-0.2, 0) is 0 Å². The quantitative estimate of drug-likeness (QED) is 0.696. The van der Waals surface area contributed by atoms with Gasteiger partial charge in [-0.3, -0.25) is 4.98 Å². The predicted molar refractivity (Wildman–Crippen MR) is 112 cm³/mol. The minimum Gasteiger partial charge on any atom is -0.349 e. The molecule has 0 saturated carbocycles. The molecule has 5 heterocycles. The summed E-state index contributed by atoms with van der Waals surface area (Å²) in [6.07, 6.45) is 8.08. The van der Waals surface area contributed by atoms with Gasteiger partial charge in [0.1, 0.15) is 16.4 Å². The minimum atomic E-state index is 0.312. The Morgan fingerprint density at radius 1 is 1.11 bits per heavy atom. The van der Waals surface area contributed by atoms with Gasteiger partial charge in [-0.05, 0) is 50.8 Å². The number of rotatable bonds is 3. The number of nitrogens with zero attached hydrogens (tertiary/aromatic N) is 5. The number of fused-ring (bicyclic) bond motifs is 3. The van der Waals surface area contributed by atoms with E-state index in [0.717, 1.165) is 39.8 Å². The fourth-order valence-corrected chi connectivity index (χ4v) is 5.46. The van der Waals surface area contributed by atoms with Gasteiger partial charge in [-0.1, -0.05) is 23.4 Å². The Kier molecular flexibility index (Phi) is 4.61. The maximum Gasteiger partial charge on any atom is 0.179 e. The lowest BCUT2D eigenvalue weighted by molar-refractivity contribution is 0.412. The van der Waals surface area contributed by atoms with E-state index in [2.05, 4.69) is 19.9 Å². The fraction of sp³-hybridized carbons (Fsp3) is 0.400. The maximum atomic E-state index is 6.36. The summed E-state index contributed by atoms with van der Waals surface area (Å²) in [5.41, 5.74) is 8.47. The molecule has 2 atom stereocenters. The van der Waals surface area contributed by atoms with E-state index in [4.69, 9.17) is 22.3 Å². The summed E-state index contributed by atoms with van der Waals surface area (Å²) in [4.78, 5) is 21.7. The van der Waals surface area contributed by atoms with Gasteiger partial charge in [0.15, 0.2) is 5.65 Å². The average Bonchev–Trinajstić information content (AvgIpc) is 2.96. The van der Waals surface area contributed by atoms with Gasteiger partial charge in [0.2, 0.25) is 0 Å². The second-order valence-electron chi connectivity index (χ2n) is 7.55. The number of anilines is 1. The number of aromatic nitrogens is 4. The summed E-state index contributed by atoms with van der Waals surface area (Å²) < 4.78 is 0. The summed E-state index contributed by atoms with van der Waals surface area (Å²) in [6.45, 7) is 1.90. The van der Waals surface area contributed by atoms with E-state index in [1.807, 2.05) is 31.3 Å². The zero-order valence-corrected chi connectivity index (χ0v) is 17.1. The molecule has 0 unspecified atom stereocenters. The monoisotopic (exact) mass is 412 g/mol. The van der Waals surface area contributed by atoms with Crippen LogP contribution in [0.25, 0.3) is 11.2 Å². The van der Waals surface area contributed by atoms with Crippen molar-refractivity contribution < 1.29 is 0 Å². The third-order valence-electron chi connectivity index (χ3n) is 5.64. The van der Waals surface area contributed by atoms with Crippen LogP contribution in [0.2, 0.25) is 5.02 Å². The van der Waals surface area contributed by atoms with E-state index in [-0.39, 0.29) is 0 Å². The van der Waals surface area contributed by atoms with Gasteiger partial charge in [-0.15, -0.1) is 0 Å². The molecule has 2 aliphatic heterocycles. The van der Waals surface area contributed by atoms with Gasteiger partial charge in [0.25, 0.3) is 0 Å². The lowest BCUT2D eigenvalue weighted by Crippen LogP contribution is -2.47. The van der Waals surface area contributed by atoms with E-state index in [1.54, 1.807) is 6.20 Å². The molecule has 0 aliphatic carbocycles. The van der Waals surface area contributed by atoms with Crippen molar-refractivity contribution in [3.05, 3.63) is 41.3 Å². The number of halogens is 1. The van der Waals surface area contributed by atoms with E-state index in [9.17, 15) is 0 Å². The first kappa shape index (κ1) is 18.1. The zero-order chi connectivity index (χ0) is 19.3. The normalized spacial score (nSPS) is 24.1. The van der Waals surface area contributed by atoms with Crippen molar-refractivity contribution in [1.82, 2.24) is 19.9 Å². The Morgan fingerprint density at radius 2 is 1.89 bits per heavy atom. The third kappa shape index (κ3) is 3.21. The zero-order valence-electron chi connectivity index (χ0n) is 15.5. The maximum absolute atomic E-state index is 6.36. The highest BCUT2D eigenvalue weighted by atomic mass is 35.5. The molecular weight excluding hydrogens is 392 g/mol. The molecule has 2 aliphatic rings. The fourth-order valence-electron chi connectivity index (χ4n) is 4.37. The van der Waals surface area contributed by atoms with Crippen LogP contribution in [0.4, 0.5) is 5.82 Å². The molecule has 0 radical (unpaired) electrons. The molecule has 3 aromatic rings. The molecule has 2 fully saturated rings. The number of aryl methyl sites for hydroxylation is 1. The van der Waals surface area contributed by atoms with Crippen molar-refractivity contribution >= 4 is 40.3 Å². The number of pyridine rings is 2. The molecule has 2 bridgehead atoms. The average molecular weight is 413 g/mol. The second kappa shape index (κ2) is 7.13. The largest absolute Gasteiger partial charge is 0.349 e. The first-order valence-corrected chi connectivity index (χ1v) is 10.7. The van der Waals surface area contributed by atoms with E-state index in [0.29, 0.717) is 28.8 Å². The Hall–Kier alpha value is -1.96. The summed E-state index contributed by atoms with van der Waals surface area (Å²) in [7, 11) is 0. The molecule has 0 aromatic carbocycles. The van der Waals surface area contributed by atoms with Gasteiger partial charge < -0.3 is 10.6 Å². The standard InChI is InChI=1S/C20H21ClN6S/c1-11-19(21)16(6-7-23-11)28-18-5-4-15-20(26-18)24-10-17(25-15)27-13-2-3-14(27)9-12(22)8-13/h4-7,10,12-14H,2-3,8-9,22H2,1H3/t13-,14-/m0/s1. The van der Waals surface area contributed by atoms with Crippen LogP contribution in [0.1, 0.15) is 31.4 Å². The highest BCUT2D eigenvalue weighted by molar-refractivity contribution is 7.99. The molecule has 8 heteroatoms. The minimum absolute atomic E-state index is 0.312. The summed E-state index contributed by atoms with van der Waals surface area (Å²) in [5, 5.41) is 1.50. The lowest BCUT2D eigenvalue weighted by Gasteiger charge is -2.38. The van der Waals surface area contributed by atoms with Crippen molar-refractivity contribution in [2.75, 3.05) is 4.90 Å². The Labute approximate surface area is 172 Å². The van der Waals surface area contributed by atoms with Crippen molar-refractivity contribution in [3.63, 3.8) is 0 Å². The Morgan fingerprint density at radius 3 is 2.68 bits per heavy atom. The summed E-state index contributed by atoms with van der Waals surface area (Å²) >= 11 is 7.87. The van der Waals surface area contributed by atoms with Crippen molar-refractivity contribution in [2.45, 2.75) is 60.7 Å². The van der Waals surface area contributed by atoms with Crippen LogP contribution in [0.3, 0.4) is 0 Å². The molecule has 28 heavy (non-hydrogen) atoms. The van der Waals surface area contributed by atoms with E-state index >= 15 is 0 Å². The Balaban J connectivity index is 1.43. The Bertz CT molecular complexity index is 1030. The van der Waals surface area contributed by atoms with Crippen LogP contribution < -0.4 is 10.6 Å². The second-order valence-corrected chi connectivity index (χ2v) is 8.99. The molecule has 0 spiro atoms. The number of hydrogen-bond donors (Lipinski definition) is 1. The predicted octanol–water partition coefficient (Wildman–Crippen LogP) is 3.99. The van der Waals surface area contributed by atoms with Gasteiger partial charge >= 0.3 is 0 Å². The molecule has 5 rings (SSSR count). The summed E-state index contributed by atoms with van der Waals surface area (Å²) in [5.74, 6) is 0.946. The van der Waals surface area contributed by atoms with E-state index < -0.39 is 0 Å². The number of piperidine rings is 1. The molecular formula is C20H21ClN6S. The molecule has 2 saturated heterocycles. The highest BCUT2D eigenvalue weighted by Crippen LogP contribution is 2.38. The van der Waals surface area contributed by atoms with Crippen LogP contribution in [0, 0.1) is 6.92 Å². The van der Waals surface area contributed by atoms with Crippen LogP contribution >= 0.6 is 23.4 Å². The van der Waals surface area contributed by atoms with Crippen LogP contribution in [0.5, 0.6) is 0 Å². The molecule has 6 nitrogen and oxygen atoms in total. The smallest absolute Gasteiger partial charge is 0.179 e. The van der Waals surface area contributed by atoms with Gasteiger partial charge in [-0.2, -0.15) is 0 Å². The topological polar surface area (TPSA) is 80.8 Å². The molecule has 3 aromatic heterocycles. The third-order valence-corrected chi connectivity index (χ3v) is 7.23. The first-order valence-electron chi connectivity index (χ1n) is 9.55. The van der Waals surface area contributed by atoms with E-state index in [1.165, 1.54) is 24.6 Å². The molecule has 144 valence electrons. The molecule has 2 N–H and O–H groups in total. The number of nitrogens with two attached hydrogens (primary N) is 1.